The Bertz CT molecular complexity index is 538. The van der Waals surface area contributed by atoms with E-state index in [1.807, 2.05) is 64.3 Å². The van der Waals surface area contributed by atoms with Crippen molar-refractivity contribution in [2.75, 3.05) is 12.0 Å². The van der Waals surface area contributed by atoms with Gasteiger partial charge in [0.1, 0.15) is 0 Å². The Kier molecular flexibility index (Phi) is 13.6. The van der Waals surface area contributed by atoms with Gasteiger partial charge in [-0.25, -0.2) is 0 Å². The number of carboxylic acids is 2. The Hall–Kier alpha value is -1.57. The van der Waals surface area contributed by atoms with E-state index < -0.39 is 11.9 Å². The lowest BCUT2D eigenvalue weighted by molar-refractivity contribution is -0.138. The second-order valence-corrected chi connectivity index (χ2v) is 7.86. The summed E-state index contributed by atoms with van der Waals surface area (Å²) in [5.74, 6) is -0.663. The zero-order chi connectivity index (χ0) is 20.8. The summed E-state index contributed by atoms with van der Waals surface area (Å²) in [4.78, 5) is 21.1. The molecule has 0 bridgehead atoms. The minimum Gasteiger partial charge on any atom is -0.481 e. The van der Waals surface area contributed by atoms with Crippen molar-refractivity contribution in [3.8, 4) is 0 Å². The molecule has 6 nitrogen and oxygen atoms in total. The van der Waals surface area contributed by atoms with E-state index in [1.165, 1.54) is 0 Å². The first-order valence-corrected chi connectivity index (χ1v) is 10.5. The third-order valence-corrected chi connectivity index (χ3v) is 4.21. The minimum absolute atomic E-state index is 0.0949. The fourth-order valence-corrected chi connectivity index (χ4v) is 3.20. The van der Waals surface area contributed by atoms with Crippen LogP contribution in [0.1, 0.15) is 52.1 Å². The highest BCUT2D eigenvalue weighted by atomic mass is 32.2. The van der Waals surface area contributed by atoms with Crippen molar-refractivity contribution in [3.05, 3.63) is 35.9 Å². The second-order valence-electron chi connectivity index (χ2n) is 6.95. The predicted octanol–water partition coefficient (Wildman–Crippen LogP) is 3.39. The lowest BCUT2D eigenvalue weighted by atomic mass is 10.0. The third kappa shape index (κ3) is 14.2. The molecule has 0 heterocycles. The molecule has 7 heteroatoms. The van der Waals surface area contributed by atoms with E-state index in [4.69, 9.17) is 10.2 Å². The van der Waals surface area contributed by atoms with Gasteiger partial charge in [-0.1, -0.05) is 58.0 Å². The van der Waals surface area contributed by atoms with Crippen molar-refractivity contribution < 1.29 is 19.8 Å². The minimum atomic E-state index is -0.781. The smallest absolute Gasteiger partial charge is 0.305 e. The summed E-state index contributed by atoms with van der Waals surface area (Å²) >= 11 is 1.67. The van der Waals surface area contributed by atoms with Gasteiger partial charge in [-0.05, 0) is 11.8 Å². The van der Waals surface area contributed by atoms with E-state index in [-0.39, 0.29) is 31.0 Å². The van der Waals surface area contributed by atoms with Gasteiger partial charge >= 0.3 is 11.9 Å². The Balaban J connectivity index is 0.000000516. The molecule has 1 rings (SSSR count). The van der Waals surface area contributed by atoms with Crippen LogP contribution in [0, 0.1) is 0 Å². The standard InChI is InChI=1S/C12H17NO2.C8H17NO2S/c1-9(2)13-11(8-12(14)15)10-6-4-3-5-7-10;1-6(2)9-7(5-12-3)4-8(10)11/h3-7,9,11,13H,8H2,1-2H3,(H,14,15);6-7,9H,4-5H2,1-3H3,(H,10,11). The van der Waals surface area contributed by atoms with Crippen LogP contribution in [-0.2, 0) is 9.59 Å². The summed E-state index contributed by atoms with van der Waals surface area (Å²) in [7, 11) is 0. The topological polar surface area (TPSA) is 98.7 Å². The van der Waals surface area contributed by atoms with E-state index in [1.54, 1.807) is 11.8 Å². The van der Waals surface area contributed by atoms with Crippen molar-refractivity contribution in [1.29, 1.82) is 0 Å². The van der Waals surface area contributed by atoms with Gasteiger partial charge < -0.3 is 20.8 Å². The number of carbonyl (C=O) groups is 2. The van der Waals surface area contributed by atoms with Gasteiger partial charge in [0.2, 0.25) is 0 Å². The molecule has 0 aliphatic carbocycles. The van der Waals surface area contributed by atoms with Crippen LogP contribution in [0.4, 0.5) is 0 Å². The number of hydrogen-bond acceptors (Lipinski definition) is 5. The van der Waals surface area contributed by atoms with Crippen LogP contribution in [-0.4, -0.2) is 52.3 Å². The van der Waals surface area contributed by atoms with Gasteiger partial charge in [-0.15, -0.1) is 0 Å². The molecule has 0 saturated heterocycles. The maximum atomic E-state index is 10.7. The first-order valence-electron chi connectivity index (χ1n) is 9.15. The molecule has 1 aromatic carbocycles. The molecule has 0 spiro atoms. The Morgan fingerprint density at radius 3 is 1.85 bits per heavy atom. The normalized spacial score (nSPS) is 13.0. The van der Waals surface area contributed by atoms with Crippen molar-refractivity contribution in [1.82, 2.24) is 10.6 Å². The SMILES string of the molecule is CC(C)NC(CC(=O)O)c1ccccc1.CSCC(CC(=O)O)NC(C)C. The highest BCUT2D eigenvalue weighted by Crippen LogP contribution is 2.17. The quantitative estimate of drug-likeness (QED) is 0.453. The Morgan fingerprint density at radius 1 is 0.926 bits per heavy atom. The van der Waals surface area contributed by atoms with Crippen LogP contribution in [0.5, 0.6) is 0 Å². The van der Waals surface area contributed by atoms with Crippen molar-refractivity contribution >= 4 is 23.7 Å². The van der Waals surface area contributed by atoms with E-state index in [9.17, 15) is 9.59 Å². The molecular formula is C20H34N2O4S. The Morgan fingerprint density at radius 2 is 1.44 bits per heavy atom. The third-order valence-electron chi connectivity index (χ3n) is 3.47. The maximum absolute atomic E-state index is 10.7. The molecule has 0 amide bonds. The first kappa shape index (κ1) is 25.4. The van der Waals surface area contributed by atoms with Crippen LogP contribution < -0.4 is 10.6 Å². The van der Waals surface area contributed by atoms with Crippen molar-refractivity contribution in [3.63, 3.8) is 0 Å². The summed E-state index contributed by atoms with van der Waals surface area (Å²) in [6.45, 7) is 8.07. The number of hydrogen-bond donors (Lipinski definition) is 4. The molecule has 0 radical (unpaired) electrons. The zero-order valence-corrected chi connectivity index (χ0v) is 17.8. The summed E-state index contributed by atoms with van der Waals surface area (Å²) in [6, 6.07) is 10.3. The molecule has 0 aromatic heterocycles. The number of benzene rings is 1. The van der Waals surface area contributed by atoms with E-state index in [0.29, 0.717) is 6.04 Å². The van der Waals surface area contributed by atoms with Crippen LogP contribution in [0.25, 0.3) is 0 Å². The highest BCUT2D eigenvalue weighted by molar-refractivity contribution is 7.98. The lowest BCUT2D eigenvalue weighted by Gasteiger charge is -2.19. The number of thioether (sulfide) groups is 1. The summed E-state index contributed by atoms with van der Waals surface area (Å²) in [6.07, 6.45) is 2.30. The molecule has 0 aliphatic heterocycles. The number of rotatable bonds is 11. The predicted molar refractivity (Wildman–Crippen MR) is 112 cm³/mol. The molecule has 4 N–H and O–H groups in total. The van der Waals surface area contributed by atoms with Crippen LogP contribution >= 0.6 is 11.8 Å². The van der Waals surface area contributed by atoms with Crippen LogP contribution in [0.15, 0.2) is 30.3 Å². The van der Waals surface area contributed by atoms with Crippen molar-refractivity contribution in [2.45, 2.75) is 64.7 Å². The van der Waals surface area contributed by atoms with Gasteiger partial charge in [0.05, 0.1) is 12.8 Å². The zero-order valence-electron chi connectivity index (χ0n) is 16.9. The molecule has 1 aromatic rings. The van der Waals surface area contributed by atoms with E-state index in [0.717, 1.165) is 11.3 Å². The molecular weight excluding hydrogens is 364 g/mol. The molecule has 27 heavy (non-hydrogen) atoms. The monoisotopic (exact) mass is 398 g/mol. The molecule has 154 valence electrons. The number of nitrogens with one attached hydrogen (secondary N) is 2. The largest absolute Gasteiger partial charge is 0.481 e. The van der Waals surface area contributed by atoms with Gasteiger partial charge in [0.15, 0.2) is 0 Å². The molecule has 0 fully saturated rings. The first-order chi connectivity index (χ1) is 12.6. The summed E-state index contributed by atoms with van der Waals surface area (Å²) in [5, 5.41) is 23.8. The van der Waals surface area contributed by atoms with E-state index in [2.05, 4.69) is 10.6 Å². The lowest BCUT2D eigenvalue weighted by Crippen LogP contribution is -2.38. The average Bonchev–Trinajstić information content (AvgIpc) is 2.54. The van der Waals surface area contributed by atoms with Gasteiger partial charge in [-0.3, -0.25) is 9.59 Å². The number of aliphatic carboxylic acids is 2. The second kappa shape index (κ2) is 14.5. The van der Waals surface area contributed by atoms with Gasteiger partial charge in [-0.2, -0.15) is 11.8 Å². The van der Waals surface area contributed by atoms with E-state index >= 15 is 0 Å². The molecule has 2 atom stereocenters. The van der Waals surface area contributed by atoms with Gasteiger partial charge in [0.25, 0.3) is 0 Å². The Labute approximate surface area is 167 Å². The van der Waals surface area contributed by atoms with Gasteiger partial charge in [0, 0.05) is 29.9 Å². The number of carboxylic acid groups (broad SMARTS) is 2. The highest BCUT2D eigenvalue weighted by Gasteiger charge is 2.15. The van der Waals surface area contributed by atoms with Crippen LogP contribution in [0.3, 0.4) is 0 Å². The van der Waals surface area contributed by atoms with Crippen molar-refractivity contribution in [2.24, 2.45) is 0 Å². The summed E-state index contributed by atoms with van der Waals surface area (Å²) in [5.41, 5.74) is 1.02. The fourth-order valence-electron chi connectivity index (χ4n) is 2.58. The maximum Gasteiger partial charge on any atom is 0.305 e. The molecule has 0 saturated carbocycles. The van der Waals surface area contributed by atoms with Crippen LogP contribution in [0.2, 0.25) is 0 Å². The molecule has 0 aliphatic rings. The summed E-state index contributed by atoms with van der Waals surface area (Å²) < 4.78 is 0. The molecule has 2 unspecified atom stereocenters. The fraction of sp³-hybridized carbons (Fsp3) is 0.600. The average molecular weight is 399 g/mol.